The van der Waals surface area contributed by atoms with Crippen LogP contribution in [0, 0.1) is 0 Å². The zero-order chi connectivity index (χ0) is 27.5. The molecule has 0 radical (unpaired) electrons. The largest absolute Gasteiger partial charge is 0.416 e. The van der Waals surface area contributed by atoms with Crippen molar-refractivity contribution in [3.63, 3.8) is 0 Å². The zero-order valence-electron chi connectivity index (χ0n) is 20.5. The summed E-state index contributed by atoms with van der Waals surface area (Å²) in [5.74, 6) is 0.249. The molecule has 204 valence electrons. The highest BCUT2D eigenvalue weighted by atomic mass is 79.9. The third-order valence-corrected chi connectivity index (χ3v) is 7.12. The molecule has 1 aliphatic rings. The van der Waals surface area contributed by atoms with Crippen molar-refractivity contribution < 1.29 is 26.3 Å². The predicted octanol–water partition coefficient (Wildman–Crippen LogP) is 7.43. The summed E-state index contributed by atoms with van der Waals surface area (Å²) >= 11 is 3.28. The van der Waals surface area contributed by atoms with Crippen LogP contribution in [-0.4, -0.2) is 28.1 Å². The maximum Gasteiger partial charge on any atom is 0.416 e. The molecule has 2 aromatic carbocycles. The van der Waals surface area contributed by atoms with E-state index in [0.717, 1.165) is 30.5 Å². The van der Waals surface area contributed by atoms with Crippen LogP contribution in [-0.2, 0) is 25.3 Å². The van der Waals surface area contributed by atoms with Crippen LogP contribution >= 0.6 is 15.9 Å². The van der Waals surface area contributed by atoms with E-state index >= 15 is 0 Å². The van der Waals surface area contributed by atoms with E-state index in [9.17, 15) is 26.3 Å². The monoisotopic (exact) mass is 600 g/mol. The van der Waals surface area contributed by atoms with Crippen LogP contribution < -0.4 is 10.2 Å². The van der Waals surface area contributed by atoms with Gasteiger partial charge in [0.15, 0.2) is 0 Å². The summed E-state index contributed by atoms with van der Waals surface area (Å²) in [5, 5.41) is 3.65. The molecule has 0 bridgehead atoms. The van der Waals surface area contributed by atoms with Gasteiger partial charge in [-0.1, -0.05) is 37.3 Å². The molecule has 1 N–H and O–H groups in total. The fourth-order valence-electron chi connectivity index (χ4n) is 4.93. The first-order valence-electron chi connectivity index (χ1n) is 12.2. The Hall–Kier alpha value is -2.66. The molecule has 1 aromatic heterocycles. The summed E-state index contributed by atoms with van der Waals surface area (Å²) < 4.78 is 81.8. The number of aromatic nitrogens is 2. The summed E-state index contributed by atoms with van der Waals surface area (Å²) in [4.78, 5) is 10.5. The Kier molecular flexibility index (Phi) is 8.66. The Morgan fingerprint density at radius 3 is 2.00 bits per heavy atom. The third-order valence-electron chi connectivity index (χ3n) is 6.71. The molecule has 38 heavy (non-hydrogen) atoms. The number of hydrogen-bond acceptors (Lipinski definition) is 4. The molecule has 0 spiro atoms. The van der Waals surface area contributed by atoms with E-state index < -0.39 is 23.5 Å². The minimum absolute atomic E-state index is 0.0614. The van der Waals surface area contributed by atoms with Crippen molar-refractivity contribution in [1.82, 2.24) is 15.3 Å². The smallest absolute Gasteiger partial charge is 0.333 e. The first-order chi connectivity index (χ1) is 17.9. The maximum absolute atomic E-state index is 13.5. The van der Waals surface area contributed by atoms with E-state index in [1.54, 1.807) is 4.90 Å². The van der Waals surface area contributed by atoms with Gasteiger partial charge in [0.1, 0.15) is 0 Å². The minimum atomic E-state index is -4.92. The summed E-state index contributed by atoms with van der Waals surface area (Å²) in [5.41, 5.74) is -1.64. The molecule has 0 amide bonds. The van der Waals surface area contributed by atoms with Crippen LogP contribution in [0.2, 0.25) is 0 Å². The van der Waals surface area contributed by atoms with Gasteiger partial charge in [-0.3, -0.25) is 0 Å². The lowest BCUT2D eigenvalue weighted by Gasteiger charge is -2.42. The molecule has 3 unspecified atom stereocenters. The lowest BCUT2D eigenvalue weighted by molar-refractivity contribution is -0.143. The molecule has 2 heterocycles. The highest BCUT2D eigenvalue weighted by Crippen LogP contribution is 2.37. The molecule has 0 saturated carbocycles. The van der Waals surface area contributed by atoms with Gasteiger partial charge in [-0.15, -0.1) is 0 Å². The quantitative estimate of drug-likeness (QED) is 0.286. The standard InChI is InChI=1S/C27H27BrF6N4/c1-2-22-12-24(13-23(37-22)10-17-6-4-3-5-7-17)38(25-35-14-21(28)15-36-25)16-18-8-19(26(29,30)31)11-20(9-18)27(32,33)34/h3-9,11,14-15,22-24,37H,2,10,12-13,16H2,1H3. The number of alkyl halides is 6. The van der Waals surface area contributed by atoms with Gasteiger partial charge in [0.05, 0.1) is 15.6 Å². The average molecular weight is 601 g/mol. The molecule has 1 saturated heterocycles. The third kappa shape index (κ3) is 7.25. The van der Waals surface area contributed by atoms with Gasteiger partial charge < -0.3 is 10.2 Å². The van der Waals surface area contributed by atoms with Crippen LogP contribution in [0.1, 0.15) is 48.4 Å². The Labute approximate surface area is 225 Å². The molecule has 0 aliphatic carbocycles. The van der Waals surface area contributed by atoms with Crippen molar-refractivity contribution in [2.75, 3.05) is 4.90 Å². The molecule has 1 fully saturated rings. The summed E-state index contributed by atoms with van der Waals surface area (Å²) in [6.45, 7) is 1.84. The molecular formula is C27H27BrF6N4. The number of anilines is 1. The van der Waals surface area contributed by atoms with Crippen LogP contribution in [0.3, 0.4) is 0 Å². The van der Waals surface area contributed by atoms with Gasteiger partial charge >= 0.3 is 12.4 Å². The second-order valence-electron chi connectivity index (χ2n) is 9.53. The molecule has 11 heteroatoms. The van der Waals surface area contributed by atoms with Gasteiger partial charge in [0.25, 0.3) is 0 Å². The van der Waals surface area contributed by atoms with E-state index in [-0.39, 0.29) is 42.2 Å². The fourth-order valence-corrected chi connectivity index (χ4v) is 5.13. The Bertz CT molecular complexity index is 1170. The lowest BCUT2D eigenvalue weighted by atomic mass is 9.88. The Morgan fingerprint density at radius 1 is 0.868 bits per heavy atom. The van der Waals surface area contributed by atoms with E-state index in [2.05, 4.69) is 31.2 Å². The van der Waals surface area contributed by atoms with Crippen molar-refractivity contribution in [1.29, 1.82) is 0 Å². The van der Waals surface area contributed by atoms with E-state index in [1.165, 1.54) is 12.4 Å². The van der Waals surface area contributed by atoms with Gasteiger partial charge in [0, 0.05) is 37.1 Å². The van der Waals surface area contributed by atoms with Crippen molar-refractivity contribution >= 4 is 21.9 Å². The number of benzene rings is 2. The molecule has 4 rings (SSSR count). The van der Waals surface area contributed by atoms with Crippen molar-refractivity contribution in [3.05, 3.63) is 87.7 Å². The number of nitrogens with one attached hydrogen (secondary N) is 1. The minimum Gasteiger partial charge on any atom is -0.333 e. The highest BCUT2D eigenvalue weighted by molar-refractivity contribution is 9.10. The number of piperidine rings is 1. The highest BCUT2D eigenvalue weighted by Gasteiger charge is 2.38. The summed E-state index contributed by atoms with van der Waals surface area (Å²) in [6, 6.07) is 11.6. The van der Waals surface area contributed by atoms with Gasteiger partial charge in [-0.05, 0) is 70.9 Å². The average Bonchev–Trinajstić information content (AvgIpc) is 2.87. The predicted molar refractivity (Wildman–Crippen MR) is 137 cm³/mol. The van der Waals surface area contributed by atoms with Crippen LogP contribution in [0.4, 0.5) is 32.3 Å². The topological polar surface area (TPSA) is 41.1 Å². The van der Waals surface area contributed by atoms with Crippen LogP contribution in [0.25, 0.3) is 0 Å². The molecule has 1 aliphatic heterocycles. The fraction of sp³-hybridized carbons (Fsp3) is 0.407. The number of rotatable bonds is 7. The summed E-state index contributed by atoms with van der Waals surface area (Å²) in [7, 11) is 0. The first kappa shape index (κ1) is 28.4. The van der Waals surface area contributed by atoms with Crippen molar-refractivity contribution in [2.24, 2.45) is 0 Å². The second-order valence-corrected chi connectivity index (χ2v) is 10.4. The Balaban J connectivity index is 1.71. The van der Waals surface area contributed by atoms with E-state index in [0.29, 0.717) is 17.3 Å². The van der Waals surface area contributed by atoms with Gasteiger partial charge in [-0.2, -0.15) is 26.3 Å². The molecule has 4 nitrogen and oxygen atoms in total. The SMILES string of the molecule is CCC1CC(N(Cc2cc(C(F)(F)F)cc(C(F)(F)F)c2)c2ncc(Br)cn2)CC(Cc2ccccc2)N1. The molecule has 3 aromatic rings. The second kappa shape index (κ2) is 11.6. The Morgan fingerprint density at radius 2 is 1.45 bits per heavy atom. The first-order valence-corrected chi connectivity index (χ1v) is 13.0. The lowest BCUT2D eigenvalue weighted by Crippen LogP contribution is -2.53. The van der Waals surface area contributed by atoms with E-state index in [1.807, 2.05) is 37.3 Å². The molecular weight excluding hydrogens is 574 g/mol. The number of nitrogens with zero attached hydrogens (tertiary/aromatic N) is 3. The normalized spacial score (nSPS) is 20.4. The van der Waals surface area contributed by atoms with Crippen molar-refractivity contribution in [2.45, 2.75) is 69.6 Å². The van der Waals surface area contributed by atoms with Crippen molar-refractivity contribution in [3.8, 4) is 0 Å². The summed E-state index contributed by atoms with van der Waals surface area (Å²) in [6.07, 6.45) is -3.98. The number of halogens is 7. The van der Waals surface area contributed by atoms with Gasteiger partial charge in [-0.25, -0.2) is 9.97 Å². The zero-order valence-corrected chi connectivity index (χ0v) is 22.1. The number of hydrogen-bond donors (Lipinski definition) is 1. The van der Waals surface area contributed by atoms with Crippen LogP contribution in [0.15, 0.2) is 65.4 Å². The maximum atomic E-state index is 13.5. The van der Waals surface area contributed by atoms with Gasteiger partial charge in [0.2, 0.25) is 5.95 Å². The van der Waals surface area contributed by atoms with Crippen LogP contribution in [0.5, 0.6) is 0 Å². The molecule has 3 atom stereocenters. The van der Waals surface area contributed by atoms with E-state index in [4.69, 9.17) is 0 Å².